The summed E-state index contributed by atoms with van der Waals surface area (Å²) in [6, 6.07) is 0. The molecule has 0 aliphatic carbocycles. The van der Waals surface area contributed by atoms with E-state index < -0.39 is 0 Å². The van der Waals surface area contributed by atoms with Gasteiger partial charge in [0.2, 0.25) is 0 Å². The molecule has 0 saturated carbocycles. The second-order valence-corrected chi connectivity index (χ2v) is 2.75. The van der Waals surface area contributed by atoms with E-state index in [4.69, 9.17) is 0 Å². The first-order valence-electron chi connectivity index (χ1n) is 3.87. The predicted octanol–water partition coefficient (Wildman–Crippen LogP) is 0.977. The molecule has 1 aliphatic rings. The van der Waals surface area contributed by atoms with Gasteiger partial charge in [0.1, 0.15) is 6.23 Å². The van der Waals surface area contributed by atoms with Crippen molar-refractivity contribution in [1.29, 1.82) is 0 Å². The number of nitrogens with zero attached hydrogens (tertiary/aromatic N) is 1. The Bertz CT molecular complexity index is 108. The average molecular weight is 141 g/mol. The van der Waals surface area contributed by atoms with Crippen LogP contribution in [0.15, 0.2) is 12.7 Å². The Morgan fingerprint density at radius 3 is 2.60 bits per heavy atom. The zero-order chi connectivity index (χ0) is 7.40. The summed E-state index contributed by atoms with van der Waals surface area (Å²) < 4.78 is 0. The molecule has 1 fully saturated rings. The Labute approximate surface area is 62.2 Å². The molecule has 1 atom stereocenters. The first-order chi connectivity index (χ1) is 4.84. The number of likely N-dealkylation sites (tertiary alicyclic amines) is 1. The fourth-order valence-corrected chi connectivity index (χ4v) is 1.34. The summed E-state index contributed by atoms with van der Waals surface area (Å²) in [6.45, 7) is 5.69. The molecule has 0 amide bonds. The van der Waals surface area contributed by atoms with Crippen LogP contribution in [0.4, 0.5) is 0 Å². The van der Waals surface area contributed by atoms with Gasteiger partial charge in [-0.1, -0.05) is 6.08 Å². The smallest absolute Gasteiger partial charge is 0.110 e. The molecule has 1 saturated heterocycles. The SMILES string of the molecule is C=CCC(O)N1CCCC1. The molecule has 0 aromatic carbocycles. The van der Waals surface area contributed by atoms with Crippen molar-refractivity contribution in [2.45, 2.75) is 25.5 Å². The second kappa shape index (κ2) is 3.74. The Morgan fingerprint density at radius 1 is 1.50 bits per heavy atom. The van der Waals surface area contributed by atoms with Gasteiger partial charge in [0.25, 0.3) is 0 Å². The van der Waals surface area contributed by atoms with Gasteiger partial charge in [-0.25, -0.2) is 0 Å². The number of hydrogen-bond donors (Lipinski definition) is 1. The highest BCUT2D eigenvalue weighted by atomic mass is 16.3. The maximum atomic E-state index is 9.40. The molecule has 10 heavy (non-hydrogen) atoms. The summed E-state index contributed by atoms with van der Waals surface area (Å²) in [6.07, 6.45) is 4.64. The van der Waals surface area contributed by atoms with E-state index in [0.29, 0.717) is 6.42 Å². The third-order valence-corrected chi connectivity index (χ3v) is 1.94. The van der Waals surface area contributed by atoms with Crippen molar-refractivity contribution < 1.29 is 5.11 Å². The van der Waals surface area contributed by atoms with Gasteiger partial charge in [-0.15, -0.1) is 6.58 Å². The number of hydrogen-bond acceptors (Lipinski definition) is 2. The van der Waals surface area contributed by atoms with Gasteiger partial charge in [0.15, 0.2) is 0 Å². The Hall–Kier alpha value is -0.340. The summed E-state index contributed by atoms with van der Waals surface area (Å²) in [5.74, 6) is 0. The van der Waals surface area contributed by atoms with Crippen LogP contribution in [0.3, 0.4) is 0 Å². The van der Waals surface area contributed by atoms with Gasteiger partial charge >= 0.3 is 0 Å². The van der Waals surface area contributed by atoms with Crippen LogP contribution in [0, 0.1) is 0 Å². The van der Waals surface area contributed by atoms with Crippen LogP contribution in [0.5, 0.6) is 0 Å². The Kier molecular flexibility index (Phi) is 2.90. The van der Waals surface area contributed by atoms with E-state index in [1.54, 1.807) is 6.08 Å². The highest BCUT2D eigenvalue weighted by molar-refractivity contribution is 4.76. The molecular weight excluding hydrogens is 126 g/mol. The highest BCUT2D eigenvalue weighted by Crippen LogP contribution is 2.11. The van der Waals surface area contributed by atoms with Crippen LogP contribution in [-0.2, 0) is 0 Å². The predicted molar refractivity (Wildman–Crippen MR) is 41.6 cm³/mol. The van der Waals surface area contributed by atoms with Gasteiger partial charge in [-0.3, -0.25) is 4.90 Å². The quantitative estimate of drug-likeness (QED) is 0.592. The van der Waals surface area contributed by atoms with Crippen LogP contribution in [0.25, 0.3) is 0 Å². The first kappa shape index (κ1) is 7.76. The lowest BCUT2D eigenvalue weighted by molar-refractivity contribution is 0.0235. The Balaban J connectivity index is 2.24. The molecule has 0 spiro atoms. The summed E-state index contributed by atoms with van der Waals surface area (Å²) in [7, 11) is 0. The molecule has 1 aliphatic heterocycles. The summed E-state index contributed by atoms with van der Waals surface area (Å²) in [5, 5.41) is 9.40. The average Bonchev–Trinajstić information content (AvgIpc) is 2.38. The fourth-order valence-electron chi connectivity index (χ4n) is 1.34. The van der Waals surface area contributed by atoms with Crippen molar-refractivity contribution in [3.63, 3.8) is 0 Å². The van der Waals surface area contributed by atoms with Crippen LogP contribution in [0.1, 0.15) is 19.3 Å². The molecule has 0 aromatic rings. The highest BCUT2D eigenvalue weighted by Gasteiger charge is 2.17. The largest absolute Gasteiger partial charge is 0.378 e. The van der Waals surface area contributed by atoms with E-state index in [2.05, 4.69) is 11.5 Å². The molecular formula is C8H15NO. The fraction of sp³-hybridized carbons (Fsp3) is 0.750. The lowest BCUT2D eigenvalue weighted by Gasteiger charge is -2.20. The van der Waals surface area contributed by atoms with Gasteiger partial charge < -0.3 is 5.11 Å². The molecule has 1 N–H and O–H groups in total. The third-order valence-electron chi connectivity index (χ3n) is 1.94. The minimum Gasteiger partial charge on any atom is -0.378 e. The van der Waals surface area contributed by atoms with Crippen molar-refractivity contribution in [3.8, 4) is 0 Å². The van der Waals surface area contributed by atoms with Crippen molar-refractivity contribution in [3.05, 3.63) is 12.7 Å². The van der Waals surface area contributed by atoms with E-state index in [-0.39, 0.29) is 6.23 Å². The van der Waals surface area contributed by atoms with E-state index in [1.807, 2.05) is 0 Å². The molecule has 0 aromatic heterocycles. The molecule has 2 heteroatoms. The van der Waals surface area contributed by atoms with Gasteiger partial charge in [0.05, 0.1) is 0 Å². The van der Waals surface area contributed by atoms with Crippen LogP contribution in [0.2, 0.25) is 0 Å². The maximum Gasteiger partial charge on any atom is 0.110 e. The Morgan fingerprint density at radius 2 is 2.10 bits per heavy atom. The van der Waals surface area contributed by atoms with Crippen LogP contribution < -0.4 is 0 Å². The maximum absolute atomic E-state index is 9.40. The van der Waals surface area contributed by atoms with E-state index >= 15 is 0 Å². The molecule has 2 nitrogen and oxygen atoms in total. The number of rotatable bonds is 3. The summed E-state index contributed by atoms with van der Waals surface area (Å²) in [4.78, 5) is 2.10. The van der Waals surface area contributed by atoms with E-state index in [1.165, 1.54) is 12.8 Å². The van der Waals surface area contributed by atoms with Crippen molar-refractivity contribution >= 4 is 0 Å². The van der Waals surface area contributed by atoms with Crippen molar-refractivity contribution in [2.75, 3.05) is 13.1 Å². The summed E-state index contributed by atoms with van der Waals surface area (Å²) >= 11 is 0. The monoisotopic (exact) mass is 141 g/mol. The minimum absolute atomic E-state index is 0.278. The number of aliphatic hydroxyl groups excluding tert-OH is 1. The van der Waals surface area contributed by atoms with E-state index in [0.717, 1.165) is 13.1 Å². The lowest BCUT2D eigenvalue weighted by atomic mass is 10.3. The van der Waals surface area contributed by atoms with Crippen LogP contribution >= 0.6 is 0 Å². The molecule has 0 bridgehead atoms. The second-order valence-electron chi connectivity index (χ2n) is 2.75. The summed E-state index contributed by atoms with van der Waals surface area (Å²) in [5.41, 5.74) is 0. The topological polar surface area (TPSA) is 23.5 Å². The number of aliphatic hydroxyl groups is 1. The molecule has 58 valence electrons. The normalized spacial score (nSPS) is 22.9. The minimum atomic E-state index is -0.278. The zero-order valence-corrected chi connectivity index (χ0v) is 6.29. The van der Waals surface area contributed by atoms with E-state index in [9.17, 15) is 5.11 Å². The van der Waals surface area contributed by atoms with Gasteiger partial charge in [0, 0.05) is 19.5 Å². The molecule has 1 unspecified atom stereocenters. The van der Waals surface area contributed by atoms with Gasteiger partial charge in [-0.05, 0) is 12.8 Å². The third kappa shape index (κ3) is 1.82. The molecule has 1 heterocycles. The molecule has 1 rings (SSSR count). The standard InChI is InChI=1S/C8H15NO/c1-2-5-8(10)9-6-3-4-7-9/h2,8,10H,1,3-7H2. The first-order valence-corrected chi connectivity index (χ1v) is 3.87. The van der Waals surface area contributed by atoms with Crippen molar-refractivity contribution in [1.82, 2.24) is 4.90 Å². The lowest BCUT2D eigenvalue weighted by Crippen LogP contribution is -2.31. The zero-order valence-electron chi connectivity index (χ0n) is 6.29. The van der Waals surface area contributed by atoms with Gasteiger partial charge in [-0.2, -0.15) is 0 Å². The van der Waals surface area contributed by atoms with Crippen molar-refractivity contribution in [2.24, 2.45) is 0 Å². The van der Waals surface area contributed by atoms with Crippen LogP contribution in [-0.4, -0.2) is 29.3 Å². The molecule has 0 radical (unpaired) electrons.